The van der Waals surface area contributed by atoms with Crippen LogP contribution in [0.1, 0.15) is 22.8 Å². The molecular weight excluding hydrogens is 284 g/mol. The molecular formula is C17H16O5. The fourth-order valence-electron chi connectivity index (χ4n) is 2.68. The van der Waals surface area contributed by atoms with E-state index < -0.39 is 29.1 Å². The van der Waals surface area contributed by atoms with Crippen molar-refractivity contribution in [2.45, 2.75) is 13.8 Å². The van der Waals surface area contributed by atoms with E-state index in [9.17, 15) is 24.6 Å². The van der Waals surface area contributed by atoms with Gasteiger partial charge in [-0.2, -0.15) is 0 Å². The van der Waals surface area contributed by atoms with E-state index in [2.05, 4.69) is 0 Å². The van der Waals surface area contributed by atoms with Gasteiger partial charge in [0.2, 0.25) is 0 Å². The molecule has 1 aromatic rings. The summed E-state index contributed by atoms with van der Waals surface area (Å²) in [7, 11) is 0. The monoisotopic (exact) mass is 300 g/mol. The molecule has 0 heterocycles. The van der Waals surface area contributed by atoms with Crippen molar-refractivity contribution in [3.05, 3.63) is 59.2 Å². The Morgan fingerprint density at radius 1 is 1.14 bits per heavy atom. The first kappa shape index (κ1) is 15.7. The molecule has 0 amide bonds. The minimum absolute atomic E-state index is 0.208. The topological polar surface area (TPSA) is 91.7 Å². The van der Waals surface area contributed by atoms with E-state index in [4.69, 9.17) is 0 Å². The van der Waals surface area contributed by atoms with Gasteiger partial charge in [0.05, 0.1) is 11.3 Å². The number of carboxylic acids is 2. The van der Waals surface area contributed by atoms with Gasteiger partial charge in [0.15, 0.2) is 5.78 Å². The highest BCUT2D eigenvalue weighted by atomic mass is 16.4. The molecule has 0 aliphatic heterocycles. The van der Waals surface area contributed by atoms with Crippen molar-refractivity contribution in [1.82, 2.24) is 0 Å². The van der Waals surface area contributed by atoms with Gasteiger partial charge in [-0.1, -0.05) is 42.5 Å². The van der Waals surface area contributed by atoms with E-state index in [1.54, 1.807) is 31.2 Å². The number of Topliss-reactive ketones (excluding diaryl/α,β-unsaturated/α-hetero) is 1. The largest absolute Gasteiger partial charge is 0.481 e. The highest BCUT2D eigenvalue weighted by Gasteiger charge is 2.48. The van der Waals surface area contributed by atoms with Gasteiger partial charge in [-0.3, -0.25) is 9.59 Å². The van der Waals surface area contributed by atoms with Crippen LogP contribution in [0.2, 0.25) is 0 Å². The Hall–Kier alpha value is -2.69. The number of benzene rings is 1. The number of rotatable bonds is 4. The van der Waals surface area contributed by atoms with Crippen LogP contribution in [-0.4, -0.2) is 27.9 Å². The zero-order chi connectivity index (χ0) is 16.5. The van der Waals surface area contributed by atoms with E-state index in [0.29, 0.717) is 11.1 Å². The normalized spacial score (nSPS) is 23.7. The van der Waals surface area contributed by atoms with E-state index in [0.717, 1.165) is 0 Å². The van der Waals surface area contributed by atoms with Crippen molar-refractivity contribution >= 4 is 17.7 Å². The summed E-state index contributed by atoms with van der Waals surface area (Å²) in [6.45, 7) is 3.09. The maximum Gasteiger partial charge on any atom is 0.332 e. The molecule has 2 N–H and O–H groups in total. The molecule has 5 heteroatoms. The summed E-state index contributed by atoms with van der Waals surface area (Å²) >= 11 is 0. The van der Waals surface area contributed by atoms with Crippen LogP contribution >= 0.6 is 0 Å². The smallest absolute Gasteiger partial charge is 0.332 e. The van der Waals surface area contributed by atoms with Crippen LogP contribution in [0.4, 0.5) is 0 Å². The Kier molecular flexibility index (Phi) is 3.99. The van der Waals surface area contributed by atoms with E-state index in [1.165, 1.54) is 25.2 Å². The van der Waals surface area contributed by atoms with Crippen LogP contribution in [0.25, 0.3) is 0 Å². The predicted molar refractivity (Wildman–Crippen MR) is 79.6 cm³/mol. The number of carbonyl (C=O) groups is 3. The average Bonchev–Trinajstić information content (AvgIpc) is 2.46. The summed E-state index contributed by atoms with van der Waals surface area (Å²) in [5.41, 5.74) is -0.787. The summed E-state index contributed by atoms with van der Waals surface area (Å²) in [6, 6.07) is 6.74. The molecule has 22 heavy (non-hydrogen) atoms. The Morgan fingerprint density at radius 2 is 1.77 bits per heavy atom. The molecule has 0 radical (unpaired) electrons. The maximum atomic E-state index is 12.9. The third kappa shape index (κ3) is 2.45. The number of aliphatic carboxylic acids is 2. The lowest BCUT2D eigenvalue weighted by Gasteiger charge is -2.33. The number of hydrogen-bond donors (Lipinski definition) is 2. The highest BCUT2D eigenvalue weighted by molar-refractivity contribution is 6.09. The first-order valence-corrected chi connectivity index (χ1v) is 6.75. The third-order valence-electron chi connectivity index (χ3n) is 4.01. The Balaban J connectivity index is 2.60. The molecule has 1 aliphatic carbocycles. The Labute approximate surface area is 127 Å². The number of allylic oxidation sites excluding steroid dienone is 2. The van der Waals surface area contributed by atoms with E-state index >= 15 is 0 Å². The molecule has 0 bridgehead atoms. The molecule has 1 aromatic carbocycles. The SMILES string of the molecule is Cc1ccccc1C(=O)C1C(C(=O)O)=CC=CC1(C)C(=O)O. The van der Waals surface area contributed by atoms with Crippen molar-refractivity contribution in [3.8, 4) is 0 Å². The number of carboxylic acid groups (broad SMARTS) is 2. The first-order chi connectivity index (χ1) is 10.3. The number of carbonyl (C=O) groups excluding carboxylic acids is 1. The fraction of sp³-hybridized carbons (Fsp3) is 0.235. The molecule has 2 rings (SSSR count). The van der Waals surface area contributed by atoms with E-state index in [-0.39, 0.29) is 5.57 Å². The quantitative estimate of drug-likeness (QED) is 0.833. The summed E-state index contributed by atoms with van der Waals surface area (Å²) in [5.74, 6) is -4.29. The summed E-state index contributed by atoms with van der Waals surface area (Å²) in [5, 5.41) is 18.8. The second kappa shape index (κ2) is 5.60. The van der Waals surface area contributed by atoms with Crippen molar-refractivity contribution in [3.63, 3.8) is 0 Å². The van der Waals surface area contributed by atoms with Crippen LogP contribution in [0.5, 0.6) is 0 Å². The molecule has 1 aliphatic rings. The zero-order valence-electron chi connectivity index (χ0n) is 12.2. The molecule has 0 aromatic heterocycles. The molecule has 2 atom stereocenters. The van der Waals surface area contributed by atoms with Gasteiger partial charge in [0.1, 0.15) is 0 Å². The summed E-state index contributed by atoms with van der Waals surface area (Å²) in [4.78, 5) is 36.0. The van der Waals surface area contributed by atoms with Crippen molar-refractivity contribution in [2.24, 2.45) is 11.3 Å². The molecule has 0 spiro atoms. The summed E-state index contributed by atoms with van der Waals surface area (Å²) in [6.07, 6.45) is 4.02. The second-order valence-electron chi connectivity index (χ2n) is 5.49. The predicted octanol–water partition coefficient (Wildman–Crippen LogP) is 2.47. The highest BCUT2D eigenvalue weighted by Crippen LogP contribution is 2.40. The van der Waals surface area contributed by atoms with Gasteiger partial charge < -0.3 is 10.2 Å². The Morgan fingerprint density at radius 3 is 2.32 bits per heavy atom. The molecule has 5 nitrogen and oxygen atoms in total. The van der Waals surface area contributed by atoms with E-state index in [1.807, 2.05) is 0 Å². The van der Waals surface area contributed by atoms with Crippen LogP contribution in [-0.2, 0) is 9.59 Å². The zero-order valence-corrected chi connectivity index (χ0v) is 12.2. The fourth-order valence-corrected chi connectivity index (χ4v) is 2.68. The third-order valence-corrected chi connectivity index (χ3v) is 4.01. The maximum absolute atomic E-state index is 12.9. The molecule has 0 saturated heterocycles. The van der Waals surface area contributed by atoms with Crippen LogP contribution in [0, 0.1) is 18.3 Å². The Bertz CT molecular complexity index is 714. The summed E-state index contributed by atoms with van der Waals surface area (Å²) < 4.78 is 0. The van der Waals surface area contributed by atoms with Gasteiger partial charge in [0.25, 0.3) is 0 Å². The second-order valence-corrected chi connectivity index (χ2v) is 5.49. The van der Waals surface area contributed by atoms with Crippen LogP contribution in [0.3, 0.4) is 0 Å². The van der Waals surface area contributed by atoms with Crippen LogP contribution < -0.4 is 0 Å². The minimum Gasteiger partial charge on any atom is -0.481 e. The first-order valence-electron chi connectivity index (χ1n) is 6.75. The van der Waals surface area contributed by atoms with Gasteiger partial charge >= 0.3 is 11.9 Å². The lowest BCUT2D eigenvalue weighted by molar-refractivity contribution is -0.147. The van der Waals surface area contributed by atoms with Crippen molar-refractivity contribution < 1.29 is 24.6 Å². The van der Waals surface area contributed by atoms with Gasteiger partial charge in [0, 0.05) is 11.1 Å². The lowest BCUT2D eigenvalue weighted by atomic mass is 9.67. The standard InChI is InChI=1S/C17H16O5/c1-10-6-3-4-7-11(10)14(18)13-12(15(19)20)8-5-9-17(13,2)16(21)22/h3-9,13H,1-2H3,(H,19,20)(H,21,22). The number of hydrogen-bond acceptors (Lipinski definition) is 3. The average molecular weight is 300 g/mol. The van der Waals surface area contributed by atoms with Crippen LogP contribution in [0.15, 0.2) is 48.1 Å². The van der Waals surface area contributed by atoms with Gasteiger partial charge in [-0.05, 0) is 19.4 Å². The van der Waals surface area contributed by atoms with Gasteiger partial charge in [-0.25, -0.2) is 4.79 Å². The van der Waals surface area contributed by atoms with Crippen molar-refractivity contribution in [2.75, 3.05) is 0 Å². The molecule has 0 fully saturated rings. The lowest BCUT2D eigenvalue weighted by Crippen LogP contribution is -2.43. The molecule has 114 valence electrons. The number of aryl methyl sites for hydroxylation is 1. The molecule has 0 saturated carbocycles. The minimum atomic E-state index is -1.60. The molecule has 2 unspecified atom stereocenters. The van der Waals surface area contributed by atoms with Crippen molar-refractivity contribution in [1.29, 1.82) is 0 Å². The number of ketones is 1. The van der Waals surface area contributed by atoms with Gasteiger partial charge in [-0.15, -0.1) is 0 Å².